The molecule has 0 bridgehead atoms. The second-order valence-electron chi connectivity index (χ2n) is 1.68. The van der Waals surface area contributed by atoms with Crippen LogP contribution in [0.25, 0.3) is 0 Å². The summed E-state index contributed by atoms with van der Waals surface area (Å²) in [5.74, 6) is -2.35. The van der Waals surface area contributed by atoms with Crippen molar-refractivity contribution in [3.63, 3.8) is 0 Å². The zero-order valence-corrected chi connectivity index (χ0v) is 8.11. The number of carbonyl (C=O) groups excluding carboxylic acids is 1. The molecule has 0 unspecified atom stereocenters. The van der Waals surface area contributed by atoms with Crippen LogP contribution in [-0.4, -0.2) is 29.4 Å². The Morgan fingerprint density at radius 2 is 1.92 bits per heavy atom. The van der Waals surface area contributed by atoms with Crippen LogP contribution >= 0.6 is 0 Å². The Bertz CT molecular complexity index is 273. The van der Waals surface area contributed by atoms with E-state index in [0.29, 0.717) is 0 Å². The van der Waals surface area contributed by atoms with Crippen molar-refractivity contribution in [1.82, 2.24) is 0 Å². The predicted molar refractivity (Wildman–Crippen MR) is 35.5 cm³/mol. The fourth-order valence-corrected chi connectivity index (χ4v) is 1.12. The molecule has 0 aliphatic carbocycles. The largest absolute Gasteiger partial charge is 0.520 e. The number of halogens is 3. The minimum Gasteiger partial charge on any atom is -0.520 e. The maximum absolute atomic E-state index is 12.1. The van der Waals surface area contributed by atoms with Crippen LogP contribution in [-0.2, 0) is 19.4 Å². The number of carbonyl (C=O) groups is 1. The summed E-state index contributed by atoms with van der Waals surface area (Å²) in [5.41, 5.74) is 0. The van der Waals surface area contributed by atoms with Gasteiger partial charge in [0, 0.05) is 0 Å². The van der Waals surface area contributed by atoms with Gasteiger partial charge in [-0.2, -0.15) is 17.2 Å². The lowest BCUT2D eigenvalue weighted by Crippen LogP contribution is -2.37. The highest BCUT2D eigenvalue weighted by Gasteiger charge is 2.55. The molecule has 0 spiro atoms. The monoisotopic (exact) mass is 222 g/mol. The Morgan fingerprint density at radius 3 is 2.17 bits per heavy atom. The molecule has 4 nitrogen and oxygen atoms in total. The first kappa shape index (κ1) is 11.4. The summed E-state index contributed by atoms with van der Waals surface area (Å²) >= 11 is 0. The zero-order valence-electron chi connectivity index (χ0n) is 5.88. The van der Waals surface area contributed by atoms with E-state index in [9.17, 15) is 25.9 Å². The standard InChI is InChI=1S/C3H5F3O4SSi/c1-12-10-2(7)3(4,5)11(6,8)9/h12H2,1H3. The van der Waals surface area contributed by atoms with Gasteiger partial charge < -0.3 is 4.43 Å². The molecule has 0 heterocycles. The molecule has 0 rings (SSSR count). The molecule has 0 saturated heterocycles. The summed E-state index contributed by atoms with van der Waals surface area (Å²) in [6.07, 6.45) is 0. The number of hydrogen-bond donors (Lipinski definition) is 0. The summed E-state index contributed by atoms with van der Waals surface area (Å²) in [4.78, 5) is 10.2. The third-order valence-corrected chi connectivity index (χ3v) is 2.15. The maximum atomic E-state index is 12.1. The smallest absolute Gasteiger partial charge is 0.468 e. The van der Waals surface area contributed by atoms with Gasteiger partial charge in [-0.15, -0.1) is 0 Å². The third kappa shape index (κ3) is 2.20. The van der Waals surface area contributed by atoms with Gasteiger partial charge in [-0.25, -0.2) is 4.79 Å². The Balaban J connectivity index is 4.75. The van der Waals surface area contributed by atoms with Crippen molar-refractivity contribution in [3.05, 3.63) is 0 Å². The van der Waals surface area contributed by atoms with Gasteiger partial charge in [-0.1, -0.05) is 3.89 Å². The molecule has 0 aliphatic heterocycles. The molecule has 0 aromatic carbocycles. The Hall–Kier alpha value is -0.573. The van der Waals surface area contributed by atoms with Gasteiger partial charge in [0.05, 0.1) is 0 Å². The molecule has 0 saturated carbocycles. The van der Waals surface area contributed by atoms with E-state index in [1.54, 1.807) is 0 Å². The van der Waals surface area contributed by atoms with Crippen molar-refractivity contribution in [3.8, 4) is 0 Å². The molecule has 72 valence electrons. The molecule has 0 aromatic heterocycles. The highest BCUT2D eigenvalue weighted by molar-refractivity contribution is 7.88. The lowest BCUT2D eigenvalue weighted by atomic mass is 10.7. The number of hydrogen-bond acceptors (Lipinski definition) is 4. The van der Waals surface area contributed by atoms with Crippen molar-refractivity contribution >= 4 is 26.0 Å². The van der Waals surface area contributed by atoms with Crippen molar-refractivity contribution < 1.29 is 30.3 Å². The Morgan fingerprint density at radius 1 is 1.50 bits per heavy atom. The van der Waals surface area contributed by atoms with Crippen molar-refractivity contribution in [2.45, 2.75) is 11.8 Å². The van der Waals surface area contributed by atoms with Gasteiger partial charge in [-0.3, -0.25) is 0 Å². The van der Waals surface area contributed by atoms with Crippen LogP contribution in [0.15, 0.2) is 0 Å². The summed E-state index contributed by atoms with van der Waals surface area (Å²) < 4.78 is 59.0. The highest BCUT2D eigenvalue weighted by atomic mass is 32.3. The van der Waals surface area contributed by atoms with E-state index in [1.165, 1.54) is 6.55 Å². The third-order valence-electron chi connectivity index (χ3n) is 0.819. The first-order valence-corrected chi connectivity index (χ1v) is 6.10. The van der Waals surface area contributed by atoms with Crippen LogP contribution in [0, 0.1) is 0 Å². The average Bonchev–Trinajstić information content (AvgIpc) is 1.85. The van der Waals surface area contributed by atoms with Crippen LogP contribution < -0.4 is 0 Å². The Labute approximate surface area is 68.9 Å². The van der Waals surface area contributed by atoms with Crippen LogP contribution in [0.2, 0.25) is 6.55 Å². The first-order chi connectivity index (χ1) is 5.23. The lowest BCUT2D eigenvalue weighted by molar-refractivity contribution is -0.151. The van der Waals surface area contributed by atoms with Gasteiger partial charge in [0.2, 0.25) is 9.76 Å². The molecular weight excluding hydrogens is 217 g/mol. The fourth-order valence-electron chi connectivity index (χ4n) is 0.315. The summed E-state index contributed by atoms with van der Waals surface area (Å²) in [6.45, 7) is 1.32. The van der Waals surface area contributed by atoms with E-state index >= 15 is 0 Å². The molecule has 0 aromatic rings. The molecule has 0 radical (unpaired) electrons. The maximum Gasteiger partial charge on any atom is 0.468 e. The topological polar surface area (TPSA) is 60.4 Å². The van der Waals surface area contributed by atoms with Crippen LogP contribution in [0.3, 0.4) is 0 Å². The summed E-state index contributed by atoms with van der Waals surface area (Å²) in [5, 5.41) is -5.07. The Kier molecular flexibility index (Phi) is 3.27. The first-order valence-electron chi connectivity index (χ1n) is 2.72. The molecule has 12 heavy (non-hydrogen) atoms. The lowest BCUT2D eigenvalue weighted by Gasteiger charge is -2.09. The van der Waals surface area contributed by atoms with E-state index in [1.807, 2.05) is 0 Å². The molecule has 9 heteroatoms. The van der Waals surface area contributed by atoms with Crippen molar-refractivity contribution in [2.24, 2.45) is 0 Å². The minimum absolute atomic E-state index is 1.32. The van der Waals surface area contributed by atoms with Gasteiger partial charge in [-0.05, 0) is 6.55 Å². The second kappa shape index (κ2) is 3.43. The fraction of sp³-hybridized carbons (Fsp3) is 0.667. The zero-order chi connectivity index (χ0) is 9.99. The minimum atomic E-state index is -6.21. The molecule has 0 aliphatic rings. The van der Waals surface area contributed by atoms with Crippen molar-refractivity contribution in [1.29, 1.82) is 0 Å². The highest BCUT2D eigenvalue weighted by Crippen LogP contribution is 2.24. The van der Waals surface area contributed by atoms with E-state index in [-0.39, 0.29) is 0 Å². The number of rotatable bonds is 3. The van der Waals surface area contributed by atoms with Gasteiger partial charge >= 0.3 is 21.4 Å². The molecule has 0 amide bonds. The quantitative estimate of drug-likeness (QED) is 0.479. The molecule has 0 N–H and O–H groups in total. The van der Waals surface area contributed by atoms with Gasteiger partial charge in [0.1, 0.15) is 0 Å². The van der Waals surface area contributed by atoms with Crippen LogP contribution in [0.1, 0.15) is 0 Å². The summed E-state index contributed by atoms with van der Waals surface area (Å²) in [6, 6.07) is 0. The van der Waals surface area contributed by atoms with Gasteiger partial charge in [0.25, 0.3) is 0 Å². The normalized spacial score (nSPS) is 13.7. The van der Waals surface area contributed by atoms with Crippen LogP contribution in [0.5, 0.6) is 0 Å². The van der Waals surface area contributed by atoms with E-state index in [0.717, 1.165) is 0 Å². The number of alkyl halides is 2. The average molecular weight is 222 g/mol. The summed E-state index contributed by atoms with van der Waals surface area (Å²) in [7, 11) is -7.74. The van der Waals surface area contributed by atoms with E-state index in [2.05, 4.69) is 4.43 Å². The van der Waals surface area contributed by atoms with E-state index < -0.39 is 31.2 Å². The molecule has 0 atom stereocenters. The van der Waals surface area contributed by atoms with Gasteiger partial charge in [0.15, 0.2) is 0 Å². The van der Waals surface area contributed by atoms with Crippen LogP contribution in [0.4, 0.5) is 12.7 Å². The second-order valence-corrected chi connectivity index (χ2v) is 3.93. The van der Waals surface area contributed by atoms with Crippen molar-refractivity contribution in [2.75, 3.05) is 0 Å². The predicted octanol–water partition coefficient (Wildman–Crippen LogP) is -0.446. The molecule has 0 fully saturated rings. The SMILES string of the molecule is C[SiH2]OC(=O)C(F)(F)S(=O)(=O)F. The molecular formula is C3H5F3O4SSi. The van der Waals surface area contributed by atoms with E-state index in [4.69, 9.17) is 0 Å².